The van der Waals surface area contributed by atoms with Crippen LogP contribution in [0.2, 0.25) is 0 Å². The van der Waals surface area contributed by atoms with Crippen LogP contribution in [0.3, 0.4) is 0 Å². The lowest BCUT2D eigenvalue weighted by Gasteiger charge is -2.14. The molecule has 1 fully saturated rings. The fraction of sp³-hybridized carbons (Fsp3) is 0.500. The number of nitrogens with one attached hydrogen (secondary N) is 2. The first-order valence-electron chi connectivity index (χ1n) is 6.40. The molecular weight excluding hydrogens is 228 g/mol. The highest BCUT2D eigenvalue weighted by molar-refractivity contribution is 5.95. The zero-order valence-electron chi connectivity index (χ0n) is 10.9. The molecule has 1 unspecified atom stereocenters. The highest BCUT2D eigenvalue weighted by Crippen LogP contribution is 2.15. The Balaban J connectivity index is 2.02. The number of hydrogen-bond acceptors (Lipinski definition) is 3. The van der Waals surface area contributed by atoms with Gasteiger partial charge in [0.15, 0.2) is 0 Å². The summed E-state index contributed by atoms with van der Waals surface area (Å²) in [6.07, 6.45) is 1.02. The largest absolute Gasteiger partial charge is 0.380 e. The third-order valence-corrected chi connectivity index (χ3v) is 2.85. The third-order valence-electron chi connectivity index (χ3n) is 2.85. The maximum atomic E-state index is 11.9. The third kappa shape index (κ3) is 3.47. The Bertz CT molecular complexity index is 412. The van der Waals surface area contributed by atoms with Crippen LogP contribution in [0.4, 0.5) is 5.69 Å². The molecule has 0 spiro atoms. The quantitative estimate of drug-likeness (QED) is 0.857. The van der Waals surface area contributed by atoms with Gasteiger partial charge < -0.3 is 15.4 Å². The average Bonchev–Trinajstić information content (AvgIpc) is 2.81. The topological polar surface area (TPSA) is 50.4 Å². The van der Waals surface area contributed by atoms with Crippen molar-refractivity contribution in [1.29, 1.82) is 0 Å². The van der Waals surface area contributed by atoms with E-state index >= 15 is 0 Å². The molecule has 18 heavy (non-hydrogen) atoms. The van der Waals surface area contributed by atoms with Gasteiger partial charge in [0.1, 0.15) is 0 Å². The lowest BCUT2D eigenvalue weighted by Crippen LogP contribution is -2.30. The Kier molecular flexibility index (Phi) is 4.20. The second kappa shape index (κ2) is 5.87. The summed E-state index contributed by atoms with van der Waals surface area (Å²) in [5, 5.41) is 6.27. The van der Waals surface area contributed by atoms with Gasteiger partial charge in [-0.25, -0.2) is 0 Å². The second-order valence-electron chi connectivity index (χ2n) is 4.91. The fourth-order valence-corrected chi connectivity index (χ4v) is 1.98. The molecule has 1 heterocycles. The van der Waals surface area contributed by atoms with Gasteiger partial charge >= 0.3 is 0 Å². The van der Waals surface area contributed by atoms with Crippen LogP contribution in [0.25, 0.3) is 0 Å². The zero-order valence-corrected chi connectivity index (χ0v) is 10.9. The van der Waals surface area contributed by atoms with Gasteiger partial charge in [-0.1, -0.05) is 6.07 Å². The minimum atomic E-state index is -0.0312. The molecule has 2 N–H and O–H groups in total. The summed E-state index contributed by atoms with van der Waals surface area (Å²) in [7, 11) is 0. The van der Waals surface area contributed by atoms with E-state index in [1.807, 2.05) is 38.1 Å². The van der Waals surface area contributed by atoms with Crippen molar-refractivity contribution in [3.63, 3.8) is 0 Å². The monoisotopic (exact) mass is 248 g/mol. The number of benzene rings is 1. The zero-order chi connectivity index (χ0) is 13.0. The van der Waals surface area contributed by atoms with Gasteiger partial charge in [-0.05, 0) is 38.5 Å². The van der Waals surface area contributed by atoms with Crippen LogP contribution in [0.5, 0.6) is 0 Å². The molecule has 0 radical (unpaired) electrons. The molecule has 1 aromatic rings. The molecule has 0 bridgehead atoms. The predicted molar refractivity (Wildman–Crippen MR) is 71.9 cm³/mol. The van der Waals surface area contributed by atoms with Crippen molar-refractivity contribution >= 4 is 11.6 Å². The van der Waals surface area contributed by atoms with Crippen molar-refractivity contribution in [2.45, 2.75) is 32.4 Å². The summed E-state index contributed by atoms with van der Waals surface area (Å²) in [6, 6.07) is 8.09. The lowest BCUT2D eigenvalue weighted by atomic mass is 10.1. The van der Waals surface area contributed by atoms with Gasteiger partial charge in [-0.15, -0.1) is 0 Å². The maximum absolute atomic E-state index is 11.9. The predicted octanol–water partition coefficient (Wildman–Crippen LogP) is 2.03. The molecule has 1 aliphatic rings. The summed E-state index contributed by atoms with van der Waals surface area (Å²) < 4.78 is 5.32. The van der Waals surface area contributed by atoms with Crippen LogP contribution in [0, 0.1) is 0 Å². The lowest BCUT2D eigenvalue weighted by molar-refractivity contribution is 0.0943. The summed E-state index contributed by atoms with van der Waals surface area (Å²) in [6.45, 7) is 5.46. The molecule has 1 atom stereocenters. The Labute approximate surface area is 108 Å². The van der Waals surface area contributed by atoms with E-state index in [0.717, 1.165) is 25.3 Å². The van der Waals surface area contributed by atoms with E-state index < -0.39 is 0 Å². The number of hydrogen-bond donors (Lipinski definition) is 2. The van der Waals surface area contributed by atoms with Crippen LogP contribution >= 0.6 is 0 Å². The summed E-state index contributed by atoms with van der Waals surface area (Å²) in [5.74, 6) is -0.0312. The van der Waals surface area contributed by atoms with Crippen LogP contribution in [0.1, 0.15) is 30.6 Å². The van der Waals surface area contributed by atoms with E-state index in [2.05, 4.69) is 10.6 Å². The molecule has 1 saturated heterocycles. The van der Waals surface area contributed by atoms with E-state index in [-0.39, 0.29) is 11.9 Å². The van der Waals surface area contributed by atoms with Crippen molar-refractivity contribution in [3.8, 4) is 0 Å². The Morgan fingerprint density at radius 2 is 2.28 bits per heavy atom. The average molecular weight is 248 g/mol. The van der Waals surface area contributed by atoms with Gasteiger partial charge in [-0.2, -0.15) is 0 Å². The van der Waals surface area contributed by atoms with Gasteiger partial charge in [-0.3, -0.25) is 4.79 Å². The van der Waals surface area contributed by atoms with Crippen molar-refractivity contribution in [2.75, 3.05) is 18.5 Å². The fourth-order valence-electron chi connectivity index (χ4n) is 1.98. The normalized spacial score (nSPS) is 18.9. The molecule has 0 saturated carbocycles. The van der Waals surface area contributed by atoms with Gasteiger partial charge in [0.25, 0.3) is 5.91 Å². The van der Waals surface area contributed by atoms with E-state index in [0.29, 0.717) is 11.6 Å². The molecular formula is C14H20N2O2. The van der Waals surface area contributed by atoms with E-state index in [1.165, 1.54) is 0 Å². The standard InChI is InChI=1S/C14H20N2O2/c1-10(2)15-14(17)11-4-3-5-12(8-11)16-13-6-7-18-9-13/h3-5,8,10,13,16H,6-7,9H2,1-2H3,(H,15,17). The summed E-state index contributed by atoms with van der Waals surface area (Å²) in [5.41, 5.74) is 1.66. The maximum Gasteiger partial charge on any atom is 0.251 e. The highest BCUT2D eigenvalue weighted by atomic mass is 16.5. The van der Waals surface area contributed by atoms with Crippen molar-refractivity contribution in [1.82, 2.24) is 5.32 Å². The Morgan fingerprint density at radius 1 is 1.44 bits per heavy atom. The van der Waals surface area contributed by atoms with Crippen LogP contribution in [0.15, 0.2) is 24.3 Å². The molecule has 1 aliphatic heterocycles. The molecule has 1 amide bonds. The highest BCUT2D eigenvalue weighted by Gasteiger charge is 2.15. The molecule has 1 aromatic carbocycles. The summed E-state index contributed by atoms with van der Waals surface area (Å²) in [4.78, 5) is 11.9. The first-order valence-corrected chi connectivity index (χ1v) is 6.40. The molecule has 0 aliphatic carbocycles. The van der Waals surface area contributed by atoms with E-state index in [4.69, 9.17) is 4.74 Å². The van der Waals surface area contributed by atoms with Crippen LogP contribution < -0.4 is 10.6 Å². The number of carbonyl (C=O) groups is 1. The number of anilines is 1. The molecule has 4 nitrogen and oxygen atoms in total. The van der Waals surface area contributed by atoms with Gasteiger partial charge in [0, 0.05) is 23.9 Å². The first-order chi connectivity index (χ1) is 8.65. The van der Waals surface area contributed by atoms with Crippen molar-refractivity contribution in [2.24, 2.45) is 0 Å². The van der Waals surface area contributed by atoms with Crippen molar-refractivity contribution < 1.29 is 9.53 Å². The first kappa shape index (κ1) is 12.9. The Hall–Kier alpha value is -1.55. The van der Waals surface area contributed by atoms with E-state index in [9.17, 15) is 4.79 Å². The molecule has 2 rings (SSSR count). The van der Waals surface area contributed by atoms with Gasteiger partial charge in [0.2, 0.25) is 0 Å². The number of ether oxygens (including phenoxy) is 1. The minimum absolute atomic E-state index is 0.0312. The van der Waals surface area contributed by atoms with Crippen LogP contribution in [-0.2, 0) is 4.74 Å². The number of carbonyl (C=O) groups excluding carboxylic acids is 1. The summed E-state index contributed by atoms with van der Waals surface area (Å²) >= 11 is 0. The van der Waals surface area contributed by atoms with Crippen LogP contribution in [-0.4, -0.2) is 31.2 Å². The van der Waals surface area contributed by atoms with E-state index in [1.54, 1.807) is 0 Å². The molecule has 0 aromatic heterocycles. The van der Waals surface area contributed by atoms with Gasteiger partial charge in [0.05, 0.1) is 12.6 Å². The van der Waals surface area contributed by atoms with Crippen molar-refractivity contribution in [3.05, 3.63) is 29.8 Å². The SMILES string of the molecule is CC(C)NC(=O)c1cccc(NC2CCOC2)c1. The smallest absolute Gasteiger partial charge is 0.251 e. The number of amides is 1. The second-order valence-corrected chi connectivity index (χ2v) is 4.91. The minimum Gasteiger partial charge on any atom is -0.380 e. The Morgan fingerprint density at radius 3 is 2.94 bits per heavy atom. The molecule has 98 valence electrons. The molecule has 4 heteroatoms. The number of rotatable bonds is 4.